The Labute approximate surface area is 134 Å². The van der Waals surface area contributed by atoms with E-state index in [0.29, 0.717) is 12.0 Å². The minimum Gasteiger partial charge on any atom is -0.368 e. The summed E-state index contributed by atoms with van der Waals surface area (Å²) in [7, 11) is 0. The van der Waals surface area contributed by atoms with E-state index in [9.17, 15) is 9.59 Å². The highest BCUT2D eigenvalue weighted by Crippen LogP contribution is 2.07. The van der Waals surface area contributed by atoms with Gasteiger partial charge in [-0.15, -0.1) is 0 Å². The third-order valence-corrected chi connectivity index (χ3v) is 3.41. The van der Waals surface area contributed by atoms with E-state index >= 15 is 0 Å². The van der Waals surface area contributed by atoms with Crippen molar-refractivity contribution in [3.63, 3.8) is 0 Å². The number of primary amides is 1. The van der Waals surface area contributed by atoms with Gasteiger partial charge in [-0.25, -0.2) is 0 Å². The number of nitrogens with one attached hydrogen (secondary N) is 1. The molecule has 23 heavy (non-hydrogen) atoms. The van der Waals surface area contributed by atoms with Crippen LogP contribution in [0.1, 0.15) is 16.7 Å². The normalized spacial score (nSPS) is 11.3. The highest BCUT2D eigenvalue weighted by molar-refractivity contribution is 5.87. The SMILES string of the molecule is N#Cc1ccc(C[C@@H](NC(=O)Cc2ccccc2)C(N)=O)cc1. The van der Waals surface area contributed by atoms with Crippen molar-refractivity contribution >= 4 is 11.8 Å². The maximum absolute atomic E-state index is 12.1. The largest absolute Gasteiger partial charge is 0.368 e. The molecule has 116 valence electrons. The summed E-state index contributed by atoms with van der Waals surface area (Å²) in [6.45, 7) is 0. The average Bonchev–Trinajstić information content (AvgIpc) is 2.55. The van der Waals surface area contributed by atoms with Gasteiger partial charge in [-0.3, -0.25) is 9.59 Å². The molecule has 2 amide bonds. The van der Waals surface area contributed by atoms with Crippen LogP contribution in [-0.4, -0.2) is 17.9 Å². The molecule has 0 bridgehead atoms. The Morgan fingerprint density at radius 2 is 1.70 bits per heavy atom. The summed E-state index contributed by atoms with van der Waals surface area (Å²) in [5, 5.41) is 11.4. The highest BCUT2D eigenvalue weighted by atomic mass is 16.2. The third-order valence-electron chi connectivity index (χ3n) is 3.41. The Morgan fingerprint density at radius 3 is 2.26 bits per heavy atom. The van der Waals surface area contributed by atoms with E-state index in [1.165, 1.54) is 0 Å². The average molecular weight is 307 g/mol. The van der Waals surface area contributed by atoms with Gasteiger partial charge in [-0.2, -0.15) is 5.26 Å². The Balaban J connectivity index is 1.99. The molecule has 0 saturated heterocycles. The van der Waals surface area contributed by atoms with Gasteiger partial charge < -0.3 is 11.1 Å². The zero-order valence-corrected chi connectivity index (χ0v) is 12.5. The maximum atomic E-state index is 12.1. The number of amides is 2. The molecule has 0 radical (unpaired) electrons. The molecule has 3 N–H and O–H groups in total. The fraction of sp³-hybridized carbons (Fsp3) is 0.167. The lowest BCUT2D eigenvalue weighted by atomic mass is 10.0. The summed E-state index contributed by atoms with van der Waals surface area (Å²) in [5.41, 5.74) is 7.61. The molecule has 0 aromatic heterocycles. The summed E-state index contributed by atoms with van der Waals surface area (Å²) in [4.78, 5) is 23.6. The van der Waals surface area contributed by atoms with Crippen molar-refractivity contribution in [2.45, 2.75) is 18.9 Å². The first-order chi connectivity index (χ1) is 11.1. The second kappa shape index (κ2) is 7.76. The van der Waals surface area contributed by atoms with Crippen LogP contribution >= 0.6 is 0 Å². The van der Waals surface area contributed by atoms with Gasteiger partial charge in [0, 0.05) is 6.42 Å². The van der Waals surface area contributed by atoms with E-state index in [1.54, 1.807) is 24.3 Å². The number of nitriles is 1. The summed E-state index contributed by atoms with van der Waals surface area (Å²) < 4.78 is 0. The smallest absolute Gasteiger partial charge is 0.240 e. The predicted octanol–water partition coefficient (Wildman–Crippen LogP) is 1.31. The topological polar surface area (TPSA) is 96.0 Å². The van der Waals surface area contributed by atoms with Crippen LogP contribution in [0, 0.1) is 11.3 Å². The first-order valence-electron chi connectivity index (χ1n) is 7.20. The molecule has 0 aliphatic rings. The van der Waals surface area contributed by atoms with Crippen molar-refractivity contribution in [1.82, 2.24) is 5.32 Å². The second-order valence-electron chi connectivity index (χ2n) is 5.20. The van der Waals surface area contributed by atoms with Gasteiger partial charge in [0.05, 0.1) is 18.1 Å². The van der Waals surface area contributed by atoms with E-state index in [-0.39, 0.29) is 12.3 Å². The standard InChI is InChI=1S/C18H17N3O2/c19-12-15-8-6-14(7-9-15)10-16(18(20)23)21-17(22)11-13-4-2-1-3-5-13/h1-9,16H,10-11H2,(H2,20,23)(H,21,22)/t16-/m1/s1. The molecule has 0 saturated carbocycles. The molecule has 2 aromatic carbocycles. The van der Waals surface area contributed by atoms with Crippen LogP contribution in [0.2, 0.25) is 0 Å². The van der Waals surface area contributed by atoms with E-state index in [4.69, 9.17) is 11.0 Å². The summed E-state index contributed by atoms with van der Waals surface area (Å²) in [5.74, 6) is -0.843. The maximum Gasteiger partial charge on any atom is 0.240 e. The predicted molar refractivity (Wildman–Crippen MR) is 86.1 cm³/mol. The molecular formula is C18H17N3O2. The van der Waals surface area contributed by atoms with Crippen molar-refractivity contribution < 1.29 is 9.59 Å². The fourth-order valence-corrected chi connectivity index (χ4v) is 2.20. The molecule has 0 unspecified atom stereocenters. The molecule has 0 spiro atoms. The van der Waals surface area contributed by atoms with Crippen molar-refractivity contribution in [2.24, 2.45) is 5.73 Å². The van der Waals surface area contributed by atoms with E-state index < -0.39 is 11.9 Å². The van der Waals surface area contributed by atoms with Crippen LogP contribution in [-0.2, 0) is 22.4 Å². The van der Waals surface area contributed by atoms with E-state index in [0.717, 1.165) is 11.1 Å². The Bertz CT molecular complexity index is 718. The van der Waals surface area contributed by atoms with Gasteiger partial charge in [-0.1, -0.05) is 42.5 Å². The van der Waals surface area contributed by atoms with Crippen molar-refractivity contribution in [1.29, 1.82) is 5.26 Å². The van der Waals surface area contributed by atoms with Gasteiger partial charge in [0.2, 0.25) is 11.8 Å². The van der Waals surface area contributed by atoms with Crippen molar-refractivity contribution in [3.05, 3.63) is 71.3 Å². The number of nitrogens with zero attached hydrogens (tertiary/aromatic N) is 1. The quantitative estimate of drug-likeness (QED) is 0.842. The number of nitrogens with two attached hydrogens (primary N) is 1. The number of carbonyl (C=O) groups excluding carboxylic acids is 2. The molecule has 2 rings (SSSR count). The van der Waals surface area contributed by atoms with Gasteiger partial charge in [-0.05, 0) is 23.3 Å². The molecule has 5 nitrogen and oxygen atoms in total. The van der Waals surface area contributed by atoms with E-state index in [2.05, 4.69) is 5.32 Å². The van der Waals surface area contributed by atoms with Gasteiger partial charge >= 0.3 is 0 Å². The molecule has 0 heterocycles. The van der Waals surface area contributed by atoms with Crippen LogP contribution in [0.15, 0.2) is 54.6 Å². The number of benzene rings is 2. The Kier molecular flexibility index (Phi) is 5.48. The van der Waals surface area contributed by atoms with Crippen LogP contribution in [0.4, 0.5) is 0 Å². The first-order valence-corrected chi connectivity index (χ1v) is 7.20. The van der Waals surface area contributed by atoms with Gasteiger partial charge in [0.15, 0.2) is 0 Å². The number of hydrogen-bond acceptors (Lipinski definition) is 3. The molecular weight excluding hydrogens is 290 g/mol. The number of hydrogen-bond donors (Lipinski definition) is 2. The van der Waals surface area contributed by atoms with Crippen molar-refractivity contribution in [2.75, 3.05) is 0 Å². The van der Waals surface area contributed by atoms with Crippen LogP contribution in [0.25, 0.3) is 0 Å². The van der Waals surface area contributed by atoms with Gasteiger partial charge in [0.1, 0.15) is 6.04 Å². The minimum atomic E-state index is -0.779. The lowest BCUT2D eigenvalue weighted by Crippen LogP contribution is -2.46. The Morgan fingerprint density at radius 1 is 1.04 bits per heavy atom. The molecule has 2 aromatic rings. The molecule has 0 aliphatic heterocycles. The monoisotopic (exact) mass is 307 g/mol. The number of rotatable bonds is 6. The molecule has 5 heteroatoms. The summed E-state index contributed by atoms with van der Waals surface area (Å²) in [6, 6.07) is 17.3. The fourth-order valence-electron chi connectivity index (χ4n) is 2.20. The lowest BCUT2D eigenvalue weighted by Gasteiger charge is -2.15. The molecule has 1 atom stereocenters. The second-order valence-corrected chi connectivity index (χ2v) is 5.20. The molecule has 0 aliphatic carbocycles. The van der Waals surface area contributed by atoms with Crippen molar-refractivity contribution in [3.8, 4) is 6.07 Å². The zero-order chi connectivity index (χ0) is 16.7. The van der Waals surface area contributed by atoms with E-state index in [1.807, 2.05) is 36.4 Å². The Hall–Kier alpha value is -3.13. The summed E-state index contributed by atoms with van der Waals surface area (Å²) in [6.07, 6.45) is 0.486. The van der Waals surface area contributed by atoms with Crippen LogP contribution in [0.5, 0.6) is 0 Å². The van der Waals surface area contributed by atoms with Crippen LogP contribution < -0.4 is 11.1 Å². The third kappa shape index (κ3) is 4.97. The summed E-state index contributed by atoms with van der Waals surface area (Å²) >= 11 is 0. The van der Waals surface area contributed by atoms with Gasteiger partial charge in [0.25, 0.3) is 0 Å². The molecule has 0 fully saturated rings. The van der Waals surface area contributed by atoms with Crippen LogP contribution in [0.3, 0.4) is 0 Å². The lowest BCUT2D eigenvalue weighted by molar-refractivity contribution is -0.127. The number of carbonyl (C=O) groups is 2. The highest BCUT2D eigenvalue weighted by Gasteiger charge is 2.18. The zero-order valence-electron chi connectivity index (χ0n) is 12.5. The first kappa shape index (κ1) is 16.2. The minimum absolute atomic E-state index is 0.192.